The molecule has 150 valence electrons. The van der Waals surface area contributed by atoms with Crippen molar-refractivity contribution in [1.82, 2.24) is 9.88 Å². The van der Waals surface area contributed by atoms with E-state index >= 15 is 0 Å². The highest BCUT2D eigenvalue weighted by Crippen LogP contribution is 2.19. The molecule has 3 aromatic rings. The van der Waals surface area contributed by atoms with Crippen molar-refractivity contribution in [1.29, 1.82) is 0 Å². The number of esters is 1. The Morgan fingerprint density at radius 1 is 1.10 bits per heavy atom. The summed E-state index contributed by atoms with van der Waals surface area (Å²) < 4.78 is 10.8. The van der Waals surface area contributed by atoms with Gasteiger partial charge in [-0.25, -0.2) is 9.78 Å². The number of thiazole rings is 1. The number of likely N-dealkylation sites (N-methyl/N-ethyl adjacent to an activating group) is 1. The molecule has 0 aliphatic heterocycles. The lowest BCUT2D eigenvalue weighted by atomic mass is 10.1. The number of hydrogen-bond donors (Lipinski definition) is 0. The smallest absolute Gasteiger partial charge is 0.338 e. The number of amides is 1. The topological polar surface area (TPSA) is 68.7 Å². The van der Waals surface area contributed by atoms with Gasteiger partial charge in [-0.1, -0.05) is 30.3 Å². The summed E-state index contributed by atoms with van der Waals surface area (Å²) in [5, 5.41) is 1.92. The average molecular weight is 410 g/mol. The van der Waals surface area contributed by atoms with Crippen molar-refractivity contribution in [2.75, 3.05) is 13.7 Å². The number of nitrogens with zero attached hydrogens (tertiary/aromatic N) is 2. The zero-order valence-corrected chi connectivity index (χ0v) is 17.1. The third-order valence-electron chi connectivity index (χ3n) is 4.54. The highest BCUT2D eigenvalue weighted by molar-refractivity contribution is 7.07. The van der Waals surface area contributed by atoms with Gasteiger partial charge < -0.3 is 14.4 Å². The van der Waals surface area contributed by atoms with Crippen LogP contribution >= 0.6 is 11.3 Å². The molecule has 1 heterocycles. The molecule has 1 atom stereocenters. The third-order valence-corrected chi connectivity index (χ3v) is 5.18. The molecular formula is C22H22N2O4S. The number of carbonyl (C=O) groups is 2. The average Bonchev–Trinajstić information content (AvgIpc) is 3.29. The van der Waals surface area contributed by atoms with Crippen molar-refractivity contribution in [2.24, 2.45) is 0 Å². The molecule has 1 unspecified atom stereocenters. The van der Waals surface area contributed by atoms with Crippen molar-refractivity contribution >= 4 is 23.2 Å². The van der Waals surface area contributed by atoms with Crippen molar-refractivity contribution in [3.63, 3.8) is 0 Å². The van der Waals surface area contributed by atoms with Crippen LogP contribution in [-0.4, -0.2) is 35.4 Å². The maximum absolute atomic E-state index is 12.4. The first-order valence-electron chi connectivity index (χ1n) is 9.12. The highest BCUT2D eigenvalue weighted by Gasteiger charge is 2.19. The Bertz CT molecular complexity index is 927. The van der Waals surface area contributed by atoms with Crippen LogP contribution in [0.1, 0.15) is 34.6 Å². The van der Waals surface area contributed by atoms with Gasteiger partial charge in [-0.15, -0.1) is 11.3 Å². The summed E-state index contributed by atoms with van der Waals surface area (Å²) in [6.07, 6.45) is 0. The molecule has 2 aromatic carbocycles. The van der Waals surface area contributed by atoms with Crippen LogP contribution in [-0.2, 0) is 16.1 Å². The second kappa shape index (κ2) is 9.84. The maximum Gasteiger partial charge on any atom is 0.338 e. The summed E-state index contributed by atoms with van der Waals surface area (Å²) in [5.74, 6) is -0.190. The molecule has 0 fully saturated rings. The minimum atomic E-state index is -0.551. The summed E-state index contributed by atoms with van der Waals surface area (Å²) in [6.45, 7) is 1.99. The van der Waals surface area contributed by atoms with Gasteiger partial charge in [0.1, 0.15) is 12.4 Å². The SMILES string of the molecule is CC(c1ccccc1)N(C)C(=O)COC(=O)c1ccc(OCc2cscn2)cc1. The summed E-state index contributed by atoms with van der Waals surface area (Å²) in [6, 6.07) is 16.2. The summed E-state index contributed by atoms with van der Waals surface area (Å²) in [7, 11) is 1.70. The lowest BCUT2D eigenvalue weighted by Gasteiger charge is -2.25. The fourth-order valence-corrected chi connectivity index (χ4v) is 3.18. The molecule has 1 aromatic heterocycles. The second-order valence-electron chi connectivity index (χ2n) is 6.46. The first kappa shape index (κ1) is 20.5. The fraction of sp³-hybridized carbons (Fsp3) is 0.227. The molecule has 0 bridgehead atoms. The number of ether oxygens (including phenoxy) is 2. The van der Waals surface area contributed by atoms with Gasteiger partial charge in [-0.3, -0.25) is 4.79 Å². The van der Waals surface area contributed by atoms with E-state index in [-0.39, 0.29) is 18.6 Å². The van der Waals surface area contributed by atoms with Crippen LogP contribution in [0.3, 0.4) is 0 Å². The van der Waals surface area contributed by atoms with Crippen LogP contribution in [0, 0.1) is 0 Å². The van der Waals surface area contributed by atoms with Crippen molar-refractivity contribution in [2.45, 2.75) is 19.6 Å². The molecule has 0 spiro atoms. The first-order chi connectivity index (χ1) is 14.0. The van der Waals surface area contributed by atoms with Crippen LogP contribution in [0.5, 0.6) is 5.75 Å². The Hall–Kier alpha value is -3.19. The molecule has 1 amide bonds. The molecular weight excluding hydrogens is 388 g/mol. The van der Waals surface area contributed by atoms with Crippen LogP contribution in [0.4, 0.5) is 0 Å². The lowest BCUT2D eigenvalue weighted by molar-refractivity contribution is -0.135. The summed E-state index contributed by atoms with van der Waals surface area (Å²) >= 11 is 1.51. The summed E-state index contributed by atoms with van der Waals surface area (Å²) in [5.41, 5.74) is 3.98. The van der Waals surface area contributed by atoms with Gasteiger partial charge in [0.15, 0.2) is 6.61 Å². The van der Waals surface area contributed by atoms with E-state index in [4.69, 9.17) is 9.47 Å². The Kier molecular flexibility index (Phi) is 6.97. The van der Waals surface area contributed by atoms with E-state index in [1.807, 2.05) is 42.6 Å². The second-order valence-corrected chi connectivity index (χ2v) is 7.18. The highest BCUT2D eigenvalue weighted by atomic mass is 32.1. The zero-order valence-electron chi connectivity index (χ0n) is 16.3. The van der Waals surface area contributed by atoms with Gasteiger partial charge in [-0.05, 0) is 36.8 Å². The zero-order chi connectivity index (χ0) is 20.6. The molecule has 0 aliphatic carbocycles. The molecule has 0 radical (unpaired) electrons. The predicted molar refractivity (Wildman–Crippen MR) is 111 cm³/mol. The van der Waals surface area contributed by atoms with Gasteiger partial charge >= 0.3 is 5.97 Å². The van der Waals surface area contributed by atoms with Crippen LogP contribution in [0.2, 0.25) is 0 Å². The van der Waals surface area contributed by atoms with E-state index in [9.17, 15) is 9.59 Å². The van der Waals surface area contributed by atoms with Gasteiger partial charge in [0.25, 0.3) is 5.91 Å². The fourth-order valence-electron chi connectivity index (χ4n) is 2.64. The van der Waals surface area contributed by atoms with E-state index in [0.717, 1.165) is 11.3 Å². The van der Waals surface area contributed by atoms with Gasteiger partial charge in [0.05, 0.1) is 22.8 Å². The van der Waals surface area contributed by atoms with E-state index in [1.54, 1.807) is 41.7 Å². The first-order valence-corrected chi connectivity index (χ1v) is 10.1. The van der Waals surface area contributed by atoms with Crippen LogP contribution in [0.25, 0.3) is 0 Å². The van der Waals surface area contributed by atoms with E-state index in [0.29, 0.717) is 17.9 Å². The van der Waals surface area contributed by atoms with E-state index < -0.39 is 5.97 Å². The minimum absolute atomic E-state index is 0.114. The molecule has 3 rings (SSSR count). The Morgan fingerprint density at radius 2 is 1.83 bits per heavy atom. The van der Waals surface area contributed by atoms with Crippen molar-refractivity contribution in [3.05, 3.63) is 82.3 Å². The van der Waals surface area contributed by atoms with Gasteiger partial charge in [-0.2, -0.15) is 0 Å². The predicted octanol–water partition coefficient (Wildman–Crippen LogP) is 4.10. The van der Waals surface area contributed by atoms with Gasteiger partial charge in [0.2, 0.25) is 0 Å². The standard InChI is InChI=1S/C22H22N2O4S/c1-16(17-6-4-3-5-7-17)24(2)21(25)13-28-22(26)18-8-10-20(11-9-18)27-12-19-14-29-15-23-19/h3-11,14-16H,12-13H2,1-2H3. The number of benzene rings is 2. The number of rotatable bonds is 8. The molecule has 0 saturated carbocycles. The van der Waals surface area contributed by atoms with Crippen LogP contribution in [0.15, 0.2) is 65.5 Å². The lowest BCUT2D eigenvalue weighted by Crippen LogP contribution is -2.33. The molecule has 0 saturated heterocycles. The minimum Gasteiger partial charge on any atom is -0.487 e. The number of carbonyl (C=O) groups excluding carboxylic acids is 2. The third kappa shape index (κ3) is 5.65. The van der Waals surface area contributed by atoms with E-state index in [1.165, 1.54) is 11.3 Å². The Labute approximate surface area is 173 Å². The van der Waals surface area contributed by atoms with E-state index in [2.05, 4.69) is 4.98 Å². The molecule has 0 N–H and O–H groups in total. The molecule has 29 heavy (non-hydrogen) atoms. The quantitative estimate of drug-likeness (QED) is 0.523. The Balaban J connectivity index is 1.48. The monoisotopic (exact) mass is 410 g/mol. The molecule has 0 aliphatic rings. The summed E-state index contributed by atoms with van der Waals surface area (Å²) in [4.78, 5) is 30.3. The van der Waals surface area contributed by atoms with Crippen molar-refractivity contribution in [3.8, 4) is 5.75 Å². The number of aromatic nitrogens is 1. The molecule has 6 nitrogen and oxygen atoms in total. The van der Waals surface area contributed by atoms with Gasteiger partial charge in [0, 0.05) is 12.4 Å². The normalized spacial score (nSPS) is 11.5. The Morgan fingerprint density at radius 3 is 2.48 bits per heavy atom. The number of hydrogen-bond acceptors (Lipinski definition) is 6. The van der Waals surface area contributed by atoms with Crippen molar-refractivity contribution < 1.29 is 19.1 Å². The molecule has 7 heteroatoms. The van der Waals surface area contributed by atoms with Crippen LogP contribution < -0.4 is 4.74 Å². The maximum atomic E-state index is 12.4. The largest absolute Gasteiger partial charge is 0.487 e.